The van der Waals surface area contributed by atoms with Crippen LogP contribution in [0.15, 0.2) is 12.7 Å². The second-order valence-electron chi connectivity index (χ2n) is 2.05. The molecule has 0 saturated carbocycles. The molecule has 1 atom stereocenters. The molecule has 5 heteroatoms. The molecule has 1 rings (SSSR count). The first-order valence-electron chi connectivity index (χ1n) is 2.77. The third kappa shape index (κ3) is 0.862. The van der Waals surface area contributed by atoms with E-state index in [1.165, 1.54) is 11.8 Å². The molecule has 0 amide bonds. The van der Waals surface area contributed by atoms with Crippen molar-refractivity contribution in [1.29, 1.82) is 0 Å². The van der Waals surface area contributed by atoms with Crippen LogP contribution in [0.2, 0.25) is 0 Å². The summed E-state index contributed by atoms with van der Waals surface area (Å²) >= 11 is 1.44. The Morgan fingerprint density at radius 1 is 2.00 bits per heavy atom. The van der Waals surface area contributed by atoms with Gasteiger partial charge in [-0.1, -0.05) is 6.58 Å². The first-order chi connectivity index (χ1) is 4.66. The van der Waals surface area contributed by atoms with E-state index < -0.39 is 9.90 Å². The Kier molecular flexibility index (Phi) is 1.60. The first kappa shape index (κ1) is 7.40. The largest absolute Gasteiger partial charge is 0.235 e. The van der Waals surface area contributed by atoms with Crippen LogP contribution < -0.4 is 0 Å². The van der Waals surface area contributed by atoms with Crippen LogP contribution in [0, 0.1) is 10.1 Å². The Labute approximate surface area is 63.0 Å². The summed E-state index contributed by atoms with van der Waals surface area (Å²) in [7, 11) is 0. The quantitative estimate of drug-likeness (QED) is 0.264. The van der Waals surface area contributed by atoms with Crippen LogP contribution in [0.3, 0.4) is 0 Å². The van der Waals surface area contributed by atoms with Gasteiger partial charge in [-0.2, -0.15) is 0 Å². The average molecular weight is 160 g/mol. The van der Waals surface area contributed by atoms with Crippen molar-refractivity contribution in [2.24, 2.45) is 0 Å². The van der Waals surface area contributed by atoms with Crippen LogP contribution in [0.25, 0.3) is 0 Å². The number of nitrogens with zero attached hydrogens (tertiary/aromatic N) is 2. The van der Waals surface area contributed by atoms with Gasteiger partial charge in [0.05, 0.1) is 0 Å². The molecular weight excluding hydrogens is 152 g/mol. The molecular formula is C5H8N2O2S. The second kappa shape index (κ2) is 2.16. The molecule has 0 aromatic heterocycles. The van der Waals surface area contributed by atoms with E-state index in [0.717, 1.165) is 5.01 Å². The van der Waals surface area contributed by atoms with Crippen molar-refractivity contribution in [1.82, 2.24) is 5.01 Å². The predicted octanol–water partition coefficient (Wildman–Crippen LogP) is 0.739. The lowest BCUT2D eigenvalue weighted by atomic mass is 10.5. The molecule has 0 spiro atoms. The van der Waals surface area contributed by atoms with Gasteiger partial charge in [0, 0.05) is 0 Å². The van der Waals surface area contributed by atoms with Crippen molar-refractivity contribution >= 4 is 11.8 Å². The lowest BCUT2D eigenvalue weighted by Gasteiger charge is -2.01. The predicted molar refractivity (Wildman–Crippen MR) is 40.1 cm³/mol. The van der Waals surface area contributed by atoms with Gasteiger partial charge in [0.15, 0.2) is 9.90 Å². The van der Waals surface area contributed by atoms with Gasteiger partial charge in [0.25, 0.3) is 0 Å². The minimum Gasteiger partial charge on any atom is -0.235 e. The van der Waals surface area contributed by atoms with Crippen LogP contribution in [0.5, 0.6) is 0 Å². The van der Waals surface area contributed by atoms with Crippen LogP contribution in [0.4, 0.5) is 0 Å². The van der Waals surface area contributed by atoms with E-state index in [2.05, 4.69) is 6.58 Å². The third-order valence-corrected chi connectivity index (χ3v) is 2.79. The minimum atomic E-state index is -0.413. The van der Waals surface area contributed by atoms with Gasteiger partial charge in [-0.25, -0.2) is 10.1 Å². The zero-order valence-electron chi connectivity index (χ0n) is 5.61. The topological polar surface area (TPSA) is 46.1 Å². The second-order valence-corrected chi connectivity index (χ2v) is 3.16. The molecule has 0 aliphatic carbocycles. The number of hydrogen-bond acceptors (Lipinski definition) is 3. The Hall–Kier alpha value is -0.710. The summed E-state index contributed by atoms with van der Waals surface area (Å²) in [6, 6.07) is 0. The highest BCUT2D eigenvalue weighted by Crippen LogP contribution is 2.42. The summed E-state index contributed by atoms with van der Waals surface area (Å²) in [5.41, 5.74) is 0. The van der Waals surface area contributed by atoms with Gasteiger partial charge < -0.3 is 0 Å². The fourth-order valence-electron chi connectivity index (χ4n) is 0.798. The highest BCUT2D eigenvalue weighted by atomic mass is 32.2. The maximum absolute atomic E-state index is 10.2. The molecule has 0 radical (unpaired) electrons. The minimum absolute atomic E-state index is 0.391. The Morgan fingerprint density at radius 3 is 2.70 bits per heavy atom. The van der Waals surface area contributed by atoms with E-state index in [1.807, 2.05) is 6.26 Å². The molecule has 0 aromatic carbocycles. The highest BCUT2D eigenvalue weighted by Gasteiger charge is 2.58. The summed E-state index contributed by atoms with van der Waals surface area (Å²) in [4.78, 5) is 9.75. The molecule has 1 saturated heterocycles. The van der Waals surface area contributed by atoms with Crippen molar-refractivity contribution in [3.8, 4) is 0 Å². The summed E-state index contributed by atoms with van der Waals surface area (Å²) < 4.78 is 0. The number of hydrogen-bond donors (Lipinski definition) is 0. The average Bonchev–Trinajstić information content (AvgIpc) is 2.63. The van der Waals surface area contributed by atoms with E-state index in [4.69, 9.17) is 0 Å². The molecule has 1 unspecified atom stereocenters. The molecule has 1 aliphatic rings. The van der Waals surface area contributed by atoms with Crippen LogP contribution in [-0.4, -0.2) is 27.7 Å². The van der Waals surface area contributed by atoms with Crippen molar-refractivity contribution in [3.63, 3.8) is 0 Å². The summed E-state index contributed by atoms with van der Waals surface area (Å²) in [5.74, 6) is 0. The van der Waals surface area contributed by atoms with Gasteiger partial charge in [0.2, 0.25) is 0 Å². The first-order valence-corrected chi connectivity index (χ1v) is 3.99. The maximum Gasteiger partial charge on any atom is 0.186 e. The Balaban J connectivity index is 2.61. The number of thioether (sulfide) groups is 1. The number of rotatable bonds is 3. The van der Waals surface area contributed by atoms with E-state index in [-0.39, 0.29) is 0 Å². The van der Waals surface area contributed by atoms with Gasteiger partial charge in [-0.05, 0) is 12.3 Å². The SMILES string of the molecule is C=CC1(SC)CN1[N+](=O)[O-]. The van der Waals surface area contributed by atoms with E-state index in [1.54, 1.807) is 6.08 Å². The summed E-state index contributed by atoms with van der Waals surface area (Å²) in [5, 5.41) is 10.9. The van der Waals surface area contributed by atoms with Gasteiger partial charge in [0.1, 0.15) is 6.54 Å². The molecule has 0 N–H and O–H groups in total. The van der Waals surface area contributed by atoms with Gasteiger partial charge >= 0.3 is 0 Å². The zero-order valence-corrected chi connectivity index (χ0v) is 6.43. The monoisotopic (exact) mass is 160 g/mol. The molecule has 1 fully saturated rings. The number of hydrazine groups is 1. The van der Waals surface area contributed by atoms with Gasteiger partial charge in [-0.3, -0.25) is 0 Å². The molecule has 0 aromatic rings. The Morgan fingerprint density at radius 2 is 2.60 bits per heavy atom. The molecule has 0 bridgehead atoms. The smallest absolute Gasteiger partial charge is 0.186 e. The lowest BCUT2D eigenvalue weighted by Crippen LogP contribution is -2.16. The molecule has 1 heterocycles. The fraction of sp³-hybridized carbons (Fsp3) is 0.600. The van der Waals surface area contributed by atoms with Crippen LogP contribution in [0.1, 0.15) is 0 Å². The Bertz CT molecular complexity index is 184. The number of nitro groups is 1. The maximum atomic E-state index is 10.2. The van der Waals surface area contributed by atoms with Crippen molar-refractivity contribution in [2.75, 3.05) is 12.8 Å². The molecule has 1 aliphatic heterocycles. The van der Waals surface area contributed by atoms with E-state index in [0.29, 0.717) is 6.54 Å². The van der Waals surface area contributed by atoms with E-state index >= 15 is 0 Å². The normalized spacial score (nSPS) is 29.9. The standard InChI is InChI=1S/C5H8N2O2S/c1-3-5(10-2)4-6(5)7(8)9/h3H,1,4H2,2H3. The molecule has 56 valence electrons. The molecule has 10 heavy (non-hydrogen) atoms. The fourth-order valence-corrected chi connectivity index (χ4v) is 1.49. The summed E-state index contributed by atoms with van der Waals surface area (Å²) in [6.45, 7) is 4.01. The lowest BCUT2D eigenvalue weighted by molar-refractivity contribution is -0.620. The van der Waals surface area contributed by atoms with Gasteiger partial charge in [-0.15, -0.1) is 16.8 Å². The third-order valence-electron chi connectivity index (χ3n) is 1.58. The van der Waals surface area contributed by atoms with Crippen molar-refractivity contribution in [2.45, 2.75) is 4.87 Å². The van der Waals surface area contributed by atoms with Crippen molar-refractivity contribution in [3.05, 3.63) is 22.8 Å². The summed E-state index contributed by atoms with van der Waals surface area (Å²) in [6.07, 6.45) is 3.45. The molecule has 4 nitrogen and oxygen atoms in total. The van der Waals surface area contributed by atoms with Crippen LogP contribution in [-0.2, 0) is 0 Å². The van der Waals surface area contributed by atoms with Crippen molar-refractivity contribution < 1.29 is 5.03 Å². The van der Waals surface area contributed by atoms with Crippen LogP contribution >= 0.6 is 11.8 Å². The highest BCUT2D eigenvalue weighted by molar-refractivity contribution is 8.00. The van der Waals surface area contributed by atoms with E-state index in [9.17, 15) is 10.1 Å². The zero-order chi connectivity index (χ0) is 7.78.